The topological polar surface area (TPSA) is 74.7 Å². The highest BCUT2D eigenvalue weighted by Crippen LogP contribution is 2.14. The molecule has 4 heteroatoms. The molecule has 0 saturated heterocycles. The number of hydrogen-bond acceptors (Lipinski definition) is 4. The Morgan fingerprint density at radius 1 is 1.60 bits per heavy atom. The van der Waals surface area contributed by atoms with Crippen LogP contribution in [0.2, 0.25) is 0 Å². The second-order valence-electron chi connectivity index (χ2n) is 3.05. The molecule has 1 aromatic heterocycles. The smallest absolute Gasteiger partial charge is 0.144 e. The Labute approximate surface area is 89.4 Å². The van der Waals surface area contributed by atoms with Crippen molar-refractivity contribution in [3.05, 3.63) is 35.5 Å². The molecule has 1 aromatic rings. The normalized spacial score (nSPS) is 10.2. The summed E-state index contributed by atoms with van der Waals surface area (Å²) in [5, 5.41) is 12.0. The van der Waals surface area contributed by atoms with Crippen LogP contribution in [0.5, 0.6) is 0 Å². The van der Waals surface area contributed by atoms with Gasteiger partial charge in [-0.05, 0) is 18.6 Å². The quantitative estimate of drug-likeness (QED) is 0.719. The van der Waals surface area contributed by atoms with Crippen LogP contribution in [0.15, 0.2) is 24.4 Å². The average Bonchev–Trinajstić information content (AvgIpc) is 2.24. The summed E-state index contributed by atoms with van der Waals surface area (Å²) in [5.74, 6) is 0.624. The van der Waals surface area contributed by atoms with Crippen molar-refractivity contribution in [1.29, 1.82) is 5.26 Å². The fourth-order valence-corrected chi connectivity index (χ4v) is 1.17. The van der Waals surface area contributed by atoms with Crippen molar-refractivity contribution >= 4 is 5.82 Å². The van der Waals surface area contributed by atoms with E-state index in [0.717, 1.165) is 5.56 Å². The number of aromatic nitrogens is 1. The van der Waals surface area contributed by atoms with Crippen molar-refractivity contribution < 1.29 is 0 Å². The zero-order chi connectivity index (χ0) is 11.1. The molecule has 0 aliphatic rings. The SMILES string of the molecule is Cc1ccnc(NC/C=C/CN)c1C#N. The van der Waals surface area contributed by atoms with Gasteiger partial charge in [-0.2, -0.15) is 5.26 Å². The van der Waals surface area contributed by atoms with E-state index >= 15 is 0 Å². The van der Waals surface area contributed by atoms with Gasteiger partial charge in [0.15, 0.2) is 0 Å². The molecule has 0 bridgehead atoms. The van der Waals surface area contributed by atoms with E-state index in [-0.39, 0.29) is 0 Å². The molecular formula is C11H14N4. The highest BCUT2D eigenvalue weighted by Gasteiger charge is 2.04. The van der Waals surface area contributed by atoms with E-state index in [1.54, 1.807) is 6.20 Å². The maximum atomic E-state index is 8.93. The predicted molar refractivity (Wildman–Crippen MR) is 60.4 cm³/mol. The Bertz CT molecular complexity index is 390. The Kier molecular flexibility index (Phi) is 4.32. The predicted octanol–water partition coefficient (Wildman–Crippen LogP) is 1.19. The molecule has 0 radical (unpaired) electrons. The lowest BCUT2D eigenvalue weighted by Crippen LogP contribution is -2.04. The molecule has 15 heavy (non-hydrogen) atoms. The van der Waals surface area contributed by atoms with Gasteiger partial charge in [-0.3, -0.25) is 0 Å². The van der Waals surface area contributed by atoms with Gasteiger partial charge in [-0.15, -0.1) is 0 Å². The highest BCUT2D eigenvalue weighted by molar-refractivity contribution is 5.55. The molecule has 1 heterocycles. The average molecular weight is 202 g/mol. The minimum absolute atomic E-state index is 0.522. The summed E-state index contributed by atoms with van der Waals surface area (Å²) in [6.07, 6.45) is 5.45. The number of anilines is 1. The second kappa shape index (κ2) is 5.78. The fourth-order valence-electron chi connectivity index (χ4n) is 1.17. The molecule has 0 fully saturated rings. The fraction of sp³-hybridized carbons (Fsp3) is 0.273. The van der Waals surface area contributed by atoms with E-state index in [2.05, 4.69) is 16.4 Å². The van der Waals surface area contributed by atoms with Crippen molar-refractivity contribution in [3.8, 4) is 6.07 Å². The first-order valence-corrected chi connectivity index (χ1v) is 4.74. The lowest BCUT2D eigenvalue weighted by Gasteiger charge is -2.05. The molecule has 78 valence electrons. The van der Waals surface area contributed by atoms with Crippen LogP contribution in [0.3, 0.4) is 0 Å². The summed E-state index contributed by atoms with van der Waals surface area (Å²) in [6, 6.07) is 3.95. The van der Waals surface area contributed by atoms with Gasteiger partial charge < -0.3 is 11.1 Å². The van der Waals surface area contributed by atoms with Gasteiger partial charge in [0.2, 0.25) is 0 Å². The first-order chi connectivity index (χ1) is 7.29. The molecule has 4 nitrogen and oxygen atoms in total. The van der Waals surface area contributed by atoms with Gasteiger partial charge in [0, 0.05) is 19.3 Å². The van der Waals surface area contributed by atoms with Crippen LogP contribution in [-0.2, 0) is 0 Å². The van der Waals surface area contributed by atoms with E-state index in [1.165, 1.54) is 0 Å². The maximum Gasteiger partial charge on any atom is 0.144 e. The molecule has 0 aliphatic carbocycles. The number of nitrogens with two attached hydrogens (primary N) is 1. The second-order valence-corrected chi connectivity index (χ2v) is 3.05. The van der Waals surface area contributed by atoms with Crippen LogP contribution >= 0.6 is 0 Å². The van der Waals surface area contributed by atoms with Crippen LogP contribution in [-0.4, -0.2) is 18.1 Å². The summed E-state index contributed by atoms with van der Waals surface area (Å²) >= 11 is 0. The lowest BCUT2D eigenvalue weighted by molar-refractivity contribution is 1.18. The first kappa shape index (κ1) is 11.2. The van der Waals surface area contributed by atoms with Crippen molar-refractivity contribution in [1.82, 2.24) is 4.98 Å². The van der Waals surface area contributed by atoms with Gasteiger partial charge in [0.05, 0.1) is 5.56 Å². The molecule has 0 aromatic carbocycles. The van der Waals surface area contributed by atoms with Gasteiger partial charge in [-0.1, -0.05) is 12.2 Å². The Balaban J connectivity index is 2.73. The molecule has 0 aliphatic heterocycles. The molecular weight excluding hydrogens is 188 g/mol. The Hall–Kier alpha value is -1.86. The van der Waals surface area contributed by atoms with Crippen LogP contribution in [0.25, 0.3) is 0 Å². The van der Waals surface area contributed by atoms with E-state index in [0.29, 0.717) is 24.5 Å². The summed E-state index contributed by atoms with van der Waals surface area (Å²) in [5.41, 5.74) is 6.83. The van der Waals surface area contributed by atoms with Crippen molar-refractivity contribution in [2.75, 3.05) is 18.4 Å². The monoisotopic (exact) mass is 202 g/mol. The Morgan fingerprint density at radius 2 is 2.40 bits per heavy atom. The van der Waals surface area contributed by atoms with Crippen molar-refractivity contribution in [3.63, 3.8) is 0 Å². The summed E-state index contributed by atoms with van der Waals surface area (Å²) in [6.45, 7) is 3.04. The molecule has 0 atom stereocenters. The van der Waals surface area contributed by atoms with E-state index in [4.69, 9.17) is 11.0 Å². The number of nitriles is 1. The summed E-state index contributed by atoms with van der Waals surface area (Å²) < 4.78 is 0. The molecule has 0 amide bonds. The molecule has 0 saturated carbocycles. The number of aryl methyl sites for hydroxylation is 1. The minimum atomic E-state index is 0.522. The zero-order valence-electron chi connectivity index (χ0n) is 8.70. The van der Waals surface area contributed by atoms with E-state index in [1.807, 2.05) is 25.1 Å². The number of pyridine rings is 1. The van der Waals surface area contributed by atoms with Gasteiger partial charge in [-0.25, -0.2) is 4.98 Å². The number of rotatable bonds is 4. The largest absolute Gasteiger partial charge is 0.365 e. The van der Waals surface area contributed by atoms with Gasteiger partial charge >= 0.3 is 0 Å². The standard InChI is InChI=1S/C11H14N4/c1-9-4-7-15-11(10(9)8-13)14-6-3-2-5-12/h2-4,7H,5-6,12H2,1H3,(H,14,15)/b3-2+. The molecule has 3 N–H and O–H groups in total. The van der Waals surface area contributed by atoms with Crippen LogP contribution in [0.4, 0.5) is 5.82 Å². The van der Waals surface area contributed by atoms with Crippen molar-refractivity contribution in [2.24, 2.45) is 5.73 Å². The van der Waals surface area contributed by atoms with Crippen molar-refractivity contribution in [2.45, 2.75) is 6.92 Å². The zero-order valence-corrected chi connectivity index (χ0v) is 8.70. The number of nitrogens with one attached hydrogen (secondary N) is 1. The van der Waals surface area contributed by atoms with E-state index < -0.39 is 0 Å². The molecule has 0 spiro atoms. The molecule has 0 unspecified atom stereocenters. The third-order valence-corrected chi connectivity index (χ3v) is 1.96. The van der Waals surface area contributed by atoms with Crippen LogP contribution < -0.4 is 11.1 Å². The van der Waals surface area contributed by atoms with Crippen LogP contribution in [0.1, 0.15) is 11.1 Å². The third kappa shape index (κ3) is 3.08. The van der Waals surface area contributed by atoms with Gasteiger partial charge in [0.25, 0.3) is 0 Å². The summed E-state index contributed by atoms with van der Waals surface area (Å²) in [7, 11) is 0. The van der Waals surface area contributed by atoms with E-state index in [9.17, 15) is 0 Å². The minimum Gasteiger partial charge on any atom is -0.365 e. The number of nitrogens with zero attached hydrogens (tertiary/aromatic N) is 2. The lowest BCUT2D eigenvalue weighted by atomic mass is 10.1. The highest BCUT2D eigenvalue weighted by atomic mass is 15.0. The van der Waals surface area contributed by atoms with Gasteiger partial charge in [0.1, 0.15) is 11.9 Å². The first-order valence-electron chi connectivity index (χ1n) is 4.74. The Morgan fingerprint density at radius 3 is 3.07 bits per heavy atom. The number of hydrogen-bond donors (Lipinski definition) is 2. The van der Waals surface area contributed by atoms with Crippen LogP contribution in [0, 0.1) is 18.3 Å². The summed E-state index contributed by atoms with van der Waals surface area (Å²) in [4.78, 5) is 4.11. The maximum absolute atomic E-state index is 8.93. The third-order valence-electron chi connectivity index (χ3n) is 1.96. The molecule has 1 rings (SSSR count).